The molecule has 86 valence electrons. The average Bonchev–Trinajstić information content (AvgIpc) is 2.19. The second-order valence-electron chi connectivity index (χ2n) is 3.83. The first-order chi connectivity index (χ1) is 7.17. The molecule has 15 heavy (non-hydrogen) atoms. The van der Waals surface area contributed by atoms with Crippen LogP contribution in [0.15, 0.2) is 0 Å². The van der Waals surface area contributed by atoms with Crippen molar-refractivity contribution in [2.75, 3.05) is 6.61 Å². The smallest absolute Gasteiger partial charge is 0.323 e. The zero-order valence-corrected chi connectivity index (χ0v) is 9.95. The van der Waals surface area contributed by atoms with Crippen molar-refractivity contribution in [3.05, 3.63) is 0 Å². The van der Waals surface area contributed by atoms with Crippen LogP contribution in [-0.4, -0.2) is 12.6 Å². The molecule has 0 saturated carbocycles. The van der Waals surface area contributed by atoms with Crippen molar-refractivity contribution in [1.82, 2.24) is 0 Å². The highest BCUT2D eigenvalue weighted by atomic mass is 16.5. The minimum absolute atomic E-state index is 0.0978. The molecule has 0 saturated heterocycles. The summed E-state index contributed by atoms with van der Waals surface area (Å²) in [4.78, 5) is 11.4. The Morgan fingerprint density at radius 1 is 1.40 bits per heavy atom. The number of rotatable bonds is 7. The van der Waals surface area contributed by atoms with Gasteiger partial charge < -0.3 is 4.74 Å². The topological polar surface area (TPSA) is 50.1 Å². The Morgan fingerprint density at radius 3 is 2.53 bits per heavy atom. The standard InChI is InChI=1S/C12H21NO2/c1-4-6-7-8-10(3)11(9-13)12(14)15-5-2/h10-11H,4-8H2,1-3H3/t10-,11+/m1/s1. The molecule has 0 spiro atoms. The SMILES string of the molecule is CCCCC[C@@H](C)[C@H](C#N)C(=O)OCC. The van der Waals surface area contributed by atoms with Gasteiger partial charge in [0.25, 0.3) is 0 Å². The van der Waals surface area contributed by atoms with Gasteiger partial charge in [0.2, 0.25) is 0 Å². The van der Waals surface area contributed by atoms with E-state index >= 15 is 0 Å². The van der Waals surface area contributed by atoms with Gasteiger partial charge in [-0.05, 0) is 19.3 Å². The fourth-order valence-corrected chi connectivity index (χ4v) is 1.53. The molecule has 0 radical (unpaired) electrons. The van der Waals surface area contributed by atoms with Crippen molar-refractivity contribution in [2.24, 2.45) is 11.8 Å². The molecule has 0 aliphatic rings. The number of unbranched alkanes of at least 4 members (excludes halogenated alkanes) is 2. The van der Waals surface area contributed by atoms with Gasteiger partial charge in [-0.3, -0.25) is 4.79 Å². The summed E-state index contributed by atoms with van der Waals surface area (Å²) in [6.45, 7) is 6.19. The summed E-state index contributed by atoms with van der Waals surface area (Å²) in [5, 5.41) is 8.90. The fourth-order valence-electron chi connectivity index (χ4n) is 1.53. The Morgan fingerprint density at radius 2 is 2.07 bits per heavy atom. The maximum Gasteiger partial charge on any atom is 0.323 e. The number of nitrogens with zero attached hydrogens (tertiary/aromatic N) is 1. The van der Waals surface area contributed by atoms with Gasteiger partial charge in [0.1, 0.15) is 5.92 Å². The van der Waals surface area contributed by atoms with E-state index in [1.807, 2.05) is 13.0 Å². The molecule has 0 N–H and O–H groups in total. The first-order valence-corrected chi connectivity index (χ1v) is 5.73. The second-order valence-corrected chi connectivity index (χ2v) is 3.83. The predicted octanol–water partition coefficient (Wildman–Crippen LogP) is 2.91. The molecule has 0 amide bonds. The zero-order valence-electron chi connectivity index (χ0n) is 9.95. The van der Waals surface area contributed by atoms with Crippen LogP contribution in [0.5, 0.6) is 0 Å². The normalized spacial score (nSPS) is 14.0. The van der Waals surface area contributed by atoms with Crippen LogP contribution in [-0.2, 0) is 9.53 Å². The van der Waals surface area contributed by atoms with Crippen LogP contribution < -0.4 is 0 Å². The quantitative estimate of drug-likeness (QED) is 0.480. The van der Waals surface area contributed by atoms with Crippen LogP contribution in [0.1, 0.15) is 46.5 Å². The third kappa shape index (κ3) is 5.41. The maximum atomic E-state index is 11.4. The van der Waals surface area contributed by atoms with Crippen molar-refractivity contribution in [1.29, 1.82) is 5.26 Å². The highest BCUT2D eigenvalue weighted by molar-refractivity contribution is 5.75. The van der Waals surface area contributed by atoms with E-state index in [1.54, 1.807) is 6.92 Å². The molecule has 0 unspecified atom stereocenters. The third-order valence-electron chi connectivity index (χ3n) is 2.51. The molecule has 0 rings (SSSR count). The van der Waals surface area contributed by atoms with E-state index in [9.17, 15) is 4.79 Å². The van der Waals surface area contributed by atoms with E-state index in [2.05, 4.69) is 6.92 Å². The van der Waals surface area contributed by atoms with E-state index < -0.39 is 5.92 Å². The molecular formula is C12H21NO2. The first-order valence-electron chi connectivity index (χ1n) is 5.73. The van der Waals surface area contributed by atoms with Crippen molar-refractivity contribution in [3.63, 3.8) is 0 Å². The van der Waals surface area contributed by atoms with Crippen LogP contribution in [0.25, 0.3) is 0 Å². The summed E-state index contributed by atoms with van der Waals surface area (Å²) in [6, 6.07) is 2.04. The lowest BCUT2D eigenvalue weighted by Crippen LogP contribution is -2.22. The van der Waals surface area contributed by atoms with Crippen molar-refractivity contribution < 1.29 is 9.53 Å². The zero-order chi connectivity index (χ0) is 11.7. The molecule has 0 fully saturated rings. The molecule has 3 heteroatoms. The highest BCUT2D eigenvalue weighted by Crippen LogP contribution is 2.19. The van der Waals surface area contributed by atoms with Crippen LogP contribution >= 0.6 is 0 Å². The largest absolute Gasteiger partial charge is 0.465 e. The summed E-state index contributed by atoms with van der Waals surface area (Å²) in [5.41, 5.74) is 0. The summed E-state index contributed by atoms with van der Waals surface area (Å²) in [6.07, 6.45) is 4.31. The second kappa shape index (κ2) is 8.28. The summed E-state index contributed by atoms with van der Waals surface area (Å²) in [7, 11) is 0. The van der Waals surface area contributed by atoms with Gasteiger partial charge >= 0.3 is 5.97 Å². The van der Waals surface area contributed by atoms with E-state index in [0.29, 0.717) is 6.61 Å². The summed E-state index contributed by atoms with van der Waals surface area (Å²) in [5.74, 6) is -0.869. The van der Waals surface area contributed by atoms with Gasteiger partial charge in [-0.25, -0.2) is 0 Å². The first kappa shape index (κ1) is 14.0. The molecular weight excluding hydrogens is 190 g/mol. The van der Waals surface area contributed by atoms with Crippen LogP contribution in [0, 0.1) is 23.2 Å². The van der Waals surface area contributed by atoms with Crippen molar-refractivity contribution in [3.8, 4) is 6.07 Å². The number of hydrogen-bond donors (Lipinski definition) is 0. The lowest BCUT2D eigenvalue weighted by molar-refractivity contribution is -0.147. The van der Waals surface area contributed by atoms with Gasteiger partial charge in [-0.15, -0.1) is 0 Å². The summed E-state index contributed by atoms with van der Waals surface area (Å²) < 4.78 is 4.86. The number of nitriles is 1. The Bertz CT molecular complexity index is 220. The molecule has 3 nitrogen and oxygen atoms in total. The van der Waals surface area contributed by atoms with Gasteiger partial charge in [0.15, 0.2) is 0 Å². The fraction of sp³-hybridized carbons (Fsp3) is 0.833. The van der Waals surface area contributed by atoms with E-state index in [-0.39, 0.29) is 11.9 Å². The van der Waals surface area contributed by atoms with Crippen LogP contribution in [0.4, 0.5) is 0 Å². The molecule has 2 atom stereocenters. The molecule has 0 bridgehead atoms. The maximum absolute atomic E-state index is 11.4. The van der Waals surface area contributed by atoms with Gasteiger partial charge in [-0.2, -0.15) is 5.26 Å². The molecule has 0 aliphatic heterocycles. The average molecular weight is 211 g/mol. The number of esters is 1. The van der Waals surface area contributed by atoms with Gasteiger partial charge in [-0.1, -0.05) is 33.1 Å². The third-order valence-corrected chi connectivity index (χ3v) is 2.51. The minimum Gasteiger partial charge on any atom is -0.465 e. The van der Waals surface area contributed by atoms with Crippen LogP contribution in [0.2, 0.25) is 0 Å². The Kier molecular flexibility index (Phi) is 7.71. The number of hydrogen-bond acceptors (Lipinski definition) is 3. The number of carbonyl (C=O) groups excluding carboxylic acids is 1. The molecule has 0 aromatic heterocycles. The summed E-state index contributed by atoms with van der Waals surface area (Å²) >= 11 is 0. The Balaban J connectivity index is 4.05. The molecule has 0 aromatic carbocycles. The van der Waals surface area contributed by atoms with Gasteiger partial charge in [0, 0.05) is 0 Å². The van der Waals surface area contributed by atoms with E-state index in [0.717, 1.165) is 25.7 Å². The van der Waals surface area contributed by atoms with Crippen LogP contribution in [0.3, 0.4) is 0 Å². The number of carbonyl (C=O) groups is 1. The Hall–Kier alpha value is -1.04. The van der Waals surface area contributed by atoms with Crippen molar-refractivity contribution >= 4 is 5.97 Å². The lowest BCUT2D eigenvalue weighted by atomic mass is 9.90. The van der Waals surface area contributed by atoms with Crippen molar-refractivity contribution in [2.45, 2.75) is 46.5 Å². The molecule has 0 heterocycles. The lowest BCUT2D eigenvalue weighted by Gasteiger charge is -2.15. The number of ether oxygens (including phenoxy) is 1. The Labute approximate surface area is 92.4 Å². The van der Waals surface area contributed by atoms with Gasteiger partial charge in [0.05, 0.1) is 12.7 Å². The highest BCUT2D eigenvalue weighted by Gasteiger charge is 2.25. The monoisotopic (exact) mass is 211 g/mol. The van der Waals surface area contributed by atoms with E-state index in [1.165, 1.54) is 0 Å². The molecule has 0 aromatic rings. The predicted molar refractivity (Wildman–Crippen MR) is 59.0 cm³/mol. The molecule has 0 aliphatic carbocycles. The van der Waals surface area contributed by atoms with E-state index in [4.69, 9.17) is 10.00 Å². The minimum atomic E-state index is -0.596.